The van der Waals surface area contributed by atoms with Gasteiger partial charge in [-0.15, -0.1) is 0 Å². The normalized spacial score (nSPS) is 19.0. The zero-order chi connectivity index (χ0) is 16.4. The fourth-order valence-electron chi connectivity index (χ4n) is 3.00. The molecule has 122 valence electrons. The minimum atomic E-state index is -3.81. The maximum atomic E-state index is 13.9. The fourth-order valence-corrected chi connectivity index (χ4v) is 4.56. The highest BCUT2D eigenvalue weighted by molar-refractivity contribution is 7.89. The van der Waals surface area contributed by atoms with Crippen LogP contribution in [0.2, 0.25) is 0 Å². The molecule has 0 spiro atoms. The van der Waals surface area contributed by atoms with Gasteiger partial charge in [0, 0.05) is 19.0 Å². The van der Waals surface area contributed by atoms with Crippen molar-refractivity contribution in [3.8, 4) is 5.75 Å². The zero-order valence-corrected chi connectivity index (χ0v) is 13.6. The van der Waals surface area contributed by atoms with Gasteiger partial charge in [0.05, 0.1) is 7.11 Å². The number of methoxy groups -OCH3 is 1. The number of halogens is 1. The van der Waals surface area contributed by atoms with Crippen molar-refractivity contribution in [2.75, 3.05) is 20.2 Å². The van der Waals surface area contributed by atoms with Crippen LogP contribution in [-0.2, 0) is 10.0 Å². The van der Waals surface area contributed by atoms with E-state index in [1.807, 2.05) is 24.3 Å². The number of sulfonamides is 1. The van der Waals surface area contributed by atoms with E-state index in [1.165, 1.54) is 28.6 Å². The number of benzene rings is 2. The quantitative estimate of drug-likeness (QED) is 0.863. The standard InChI is InChI=1S/C17H18FNO3S/c1-22-16-8-4-2-6-14(16)13-10-11-19(12-13)23(20,21)17-9-5-3-7-15(17)18/h2-9,13H,10-12H2,1H3/t13-/m1/s1. The van der Waals surface area contributed by atoms with Crippen molar-refractivity contribution in [2.45, 2.75) is 17.2 Å². The van der Waals surface area contributed by atoms with E-state index in [4.69, 9.17) is 4.74 Å². The molecule has 1 fully saturated rings. The average molecular weight is 335 g/mol. The van der Waals surface area contributed by atoms with Gasteiger partial charge in [0.25, 0.3) is 0 Å². The first-order valence-corrected chi connectivity index (χ1v) is 8.85. The Bertz CT molecular complexity index is 807. The molecule has 1 saturated heterocycles. The Morgan fingerprint density at radius 2 is 1.83 bits per heavy atom. The second-order valence-electron chi connectivity index (χ2n) is 5.52. The number of para-hydroxylation sites is 1. The summed E-state index contributed by atoms with van der Waals surface area (Å²) in [5.74, 6) is 0.0866. The summed E-state index contributed by atoms with van der Waals surface area (Å²) in [5, 5.41) is 0. The van der Waals surface area contributed by atoms with Crippen LogP contribution in [0.5, 0.6) is 5.75 Å². The van der Waals surface area contributed by atoms with Crippen LogP contribution in [0.15, 0.2) is 53.4 Å². The summed E-state index contributed by atoms with van der Waals surface area (Å²) in [4.78, 5) is -0.263. The molecule has 2 aromatic rings. The van der Waals surface area contributed by atoms with Crippen LogP contribution < -0.4 is 4.74 Å². The molecular weight excluding hydrogens is 317 g/mol. The molecule has 0 saturated carbocycles. The van der Waals surface area contributed by atoms with E-state index in [0.29, 0.717) is 19.5 Å². The fraction of sp³-hybridized carbons (Fsp3) is 0.294. The summed E-state index contributed by atoms with van der Waals surface area (Å²) in [6.45, 7) is 0.705. The molecule has 0 bridgehead atoms. The first-order valence-electron chi connectivity index (χ1n) is 7.41. The summed E-state index contributed by atoms with van der Waals surface area (Å²) < 4.78 is 45.8. The van der Waals surface area contributed by atoms with Crippen LogP contribution in [0.3, 0.4) is 0 Å². The van der Waals surface area contributed by atoms with Crippen LogP contribution in [0.25, 0.3) is 0 Å². The molecule has 0 radical (unpaired) electrons. The zero-order valence-electron chi connectivity index (χ0n) is 12.8. The molecule has 2 aromatic carbocycles. The minimum Gasteiger partial charge on any atom is -0.496 e. The number of hydrogen-bond acceptors (Lipinski definition) is 3. The first-order chi connectivity index (χ1) is 11.0. The molecule has 0 unspecified atom stereocenters. The Morgan fingerprint density at radius 1 is 1.13 bits per heavy atom. The van der Waals surface area contributed by atoms with Crippen LogP contribution >= 0.6 is 0 Å². The third-order valence-electron chi connectivity index (χ3n) is 4.18. The van der Waals surface area contributed by atoms with E-state index in [9.17, 15) is 12.8 Å². The molecule has 1 aliphatic heterocycles. The highest BCUT2D eigenvalue weighted by Crippen LogP contribution is 2.35. The van der Waals surface area contributed by atoms with Crippen molar-refractivity contribution >= 4 is 10.0 Å². The van der Waals surface area contributed by atoms with Crippen LogP contribution in [-0.4, -0.2) is 32.9 Å². The van der Waals surface area contributed by atoms with Crippen molar-refractivity contribution < 1.29 is 17.5 Å². The second-order valence-corrected chi connectivity index (χ2v) is 7.43. The molecule has 0 aliphatic carbocycles. The van der Waals surface area contributed by atoms with Crippen molar-refractivity contribution in [3.05, 3.63) is 59.9 Å². The van der Waals surface area contributed by atoms with Crippen LogP contribution in [0.4, 0.5) is 4.39 Å². The number of nitrogens with zero attached hydrogens (tertiary/aromatic N) is 1. The number of hydrogen-bond donors (Lipinski definition) is 0. The maximum Gasteiger partial charge on any atom is 0.246 e. The van der Waals surface area contributed by atoms with Gasteiger partial charge in [-0.2, -0.15) is 4.31 Å². The molecule has 4 nitrogen and oxygen atoms in total. The lowest BCUT2D eigenvalue weighted by Gasteiger charge is -2.18. The second kappa shape index (κ2) is 6.29. The largest absolute Gasteiger partial charge is 0.496 e. The Morgan fingerprint density at radius 3 is 2.57 bits per heavy atom. The third-order valence-corrected chi connectivity index (χ3v) is 6.08. The van der Waals surface area contributed by atoms with Gasteiger partial charge in [-0.05, 0) is 30.2 Å². The lowest BCUT2D eigenvalue weighted by Crippen LogP contribution is -2.29. The highest BCUT2D eigenvalue weighted by atomic mass is 32.2. The van der Waals surface area contributed by atoms with E-state index in [1.54, 1.807) is 7.11 Å². The minimum absolute atomic E-state index is 0.0488. The topological polar surface area (TPSA) is 46.6 Å². The van der Waals surface area contributed by atoms with Crippen molar-refractivity contribution in [2.24, 2.45) is 0 Å². The van der Waals surface area contributed by atoms with Crippen molar-refractivity contribution in [3.63, 3.8) is 0 Å². The van der Waals surface area contributed by atoms with Crippen LogP contribution in [0.1, 0.15) is 17.9 Å². The molecule has 0 aromatic heterocycles. The molecule has 6 heteroatoms. The third kappa shape index (κ3) is 2.96. The summed E-state index contributed by atoms with van der Waals surface area (Å²) in [5.41, 5.74) is 0.987. The Balaban J connectivity index is 1.86. The van der Waals surface area contributed by atoms with Gasteiger partial charge in [-0.1, -0.05) is 30.3 Å². The van der Waals surface area contributed by atoms with Gasteiger partial charge < -0.3 is 4.74 Å². The summed E-state index contributed by atoms with van der Waals surface area (Å²) in [6.07, 6.45) is 0.689. The molecule has 1 aliphatic rings. The summed E-state index contributed by atoms with van der Waals surface area (Å²) in [7, 11) is -2.21. The van der Waals surface area contributed by atoms with Gasteiger partial charge in [-0.25, -0.2) is 12.8 Å². The van der Waals surface area contributed by atoms with E-state index >= 15 is 0 Å². The van der Waals surface area contributed by atoms with Crippen molar-refractivity contribution in [1.29, 1.82) is 0 Å². The van der Waals surface area contributed by atoms with Crippen LogP contribution in [0, 0.1) is 5.82 Å². The van der Waals surface area contributed by atoms with Gasteiger partial charge >= 0.3 is 0 Å². The summed E-state index contributed by atoms with van der Waals surface area (Å²) >= 11 is 0. The Hall–Kier alpha value is -1.92. The number of ether oxygens (including phenoxy) is 1. The number of rotatable bonds is 4. The van der Waals surface area contributed by atoms with Gasteiger partial charge in [0.15, 0.2) is 0 Å². The van der Waals surface area contributed by atoms with Gasteiger partial charge in [0.1, 0.15) is 16.5 Å². The average Bonchev–Trinajstić information content (AvgIpc) is 3.05. The molecule has 1 atom stereocenters. The molecule has 23 heavy (non-hydrogen) atoms. The maximum absolute atomic E-state index is 13.9. The van der Waals surface area contributed by atoms with E-state index in [2.05, 4.69) is 0 Å². The lowest BCUT2D eigenvalue weighted by atomic mass is 9.97. The first kappa shape index (κ1) is 16.0. The molecule has 3 rings (SSSR count). The summed E-state index contributed by atoms with van der Waals surface area (Å²) in [6, 6.07) is 13.1. The highest BCUT2D eigenvalue weighted by Gasteiger charge is 2.35. The predicted molar refractivity (Wildman–Crippen MR) is 85.5 cm³/mol. The predicted octanol–water partition coefficient (Wildman–Crippen LogP) is 3.01. The Labute approximate surface area is 135 Å². The Kier molecular flexibility index (Phi) is 4.37. The lowest BCUT2D eigenvalue weighted by molar-refractivity contribution is 0.404. The molecular formula is C17H18FNO3S. The monoisotopic (exact) mass is 335 g/mol. The SMILES string of the molecule is COc1ccccc1[C@@H]1CCN(S(=O)(=O)c2ccccc2F)C1. The van der Waals surface area contributed by atoms with E-state index in [0.717, 1.165) is 11.3 Å². The van der Waals surface area contributed by atoms with E-state index in [-0.39, 0.29) is 10.8 Å². The molecule has 1 heterocycles. The van der Waals surface area contributed by atoms with Gasteiger partial charge in [-0.3, -0.25) is 0 Å². The van der Waals surface area contributed by atoms with Gasteiger partial charge in [0.2, 0.25) is 10.0 Å². The molecule has 0 N–H and O–H groups in total. The smallest absolute Gasteiger partial charge is 0.246 e. The van der Waals surface area contributed by atoms with Crippen molar-refractivity contribution in [1.82, 2.24) is 4.31 Å². The molecule has 0 amide bonds. The van der Waals surface area contributed by atoms with E-state index < -0.39 is 15.8 Å².